The van der Waals surface area contributed by atoms with Crippen LogP contribution < -0.4 is 25.1 Å². The maximum Gasteiger partial charge on any atom is 0.266 e. The van der Waals surface area contributed by atoms with Crippen molar-refractivity contribution in [2.75, 3.05) is 34.0 Å². The molecule has 0 radical (unpaired) electrons. The highest BCUT2D eigenvalue weighted by Crippen LogP contribution is 2.34. The predicted octanol–water partition coefficient (Wildman–Crippen LogP) is 4.29. The molecule has 2 atom stereocenters. The number of ether oxygens (including phenoxy) is 4. The first-order valence-electron chi connectivity index (χ1n) is 14.4. The third-order valence-electron chi connectivity index (χ3n) is 7.42. The first kappa shape index (κ1) is 32.2. The van der Waals surface area contributed by atoms with Crippen LogP contribution in [-0.4, -0.2) is 62.5 Å². The van der Waals surface area contributed by atoms with Gasteiger partial charge in [0, 0.05) is 36.5 Å². The Labute approximate surface area is 256 Å². The van der Waals surface area contributed by atoms with Crippen LogP contribution in [0.1, 0.15) is 35.6 Å². The summed E-state index contributed by atoms with van der Waals surface area (Å²) in [5.74, 6) is 2.07. The Morgan fingerprint density at radius 1 is 1.07 bits per heavy atom. The smallest absolute Gasteiger partial charge is 0.266 e. The number of carbonyl (C=O) groups is 1. The molecule has 0 aromatic heterocycles. The molecule has 0 saturated heterocycles. The van der Waals surface area contributed by atoms with Crippen molar-refractivity contribution in [3.63, 3.8) is 0 Å². The van der Waals surface area contributed by atoms with E-state index in [-0.39, 0.29) is 25.5 Å². The highest BCUT2D eigenvalue weighted by Gasteiger charge is 2.50. The van der Waals surface area contributed by atoms with E-state index in [0.717, 1.165) is 22.4 Å². The van der Waals surface area contributed by atoms with Crippen LogP contribution in [0.25, 0.3) is 10.4 Å². The zero-order valence-electron chi connectivity index (χ0n) is 25.2. The summed E-state index contributed by atoms with van der Waals surface area (Å²) >= 11 is 0. The minimum Gasteiger partial charge on any atom is -0.497 e. The van der Waals surface area contributed by atoms with Crippen LogP contribution in [0.15, 0.2) is 76.8 Å². The number of aliphatic imine (C=N–C) groups is 1. The number of nitrogens with one attached hydrogen (secondary N) is 2. The molecular weight excluding hydrogens is 564 g/mol. The molecule has 1 amide bonds. The second-order valence-corrected chi connectivity index (χ2v) is 10.2. The van der Waals surface area contributed by atoms with Gasteiger partial charge in [-0.1, -0.05) is 29.4 Å². The lowest BCUT2D eigenvalue weighted by molar-refractivity contribution is -0.129. The molecule has 1 aliphatic rings. The van der Waals surface area contributed by atoms with Crippen molar-refractivity contribution in [2.45, 2.75) is 44.4 Å². The largest absolute Gasteiger partial charge is 0.497 e. The van der Waals surface area contributed by atoms with E-state index in [4.69, 9.17) is 34.6 Å². The van der Waals surface area contributed by atoms with Gasteiger partial charge in [0.2, 0.25) is 5.90 Å². The maximum absolute atomic E-state index is 14.0. The fourth-order valence-electron chi connectivity index (χ4n) is 4.95. The molecule has 3 N–H and O–H groups in total. The van der Waals surface area contributed by atoms with Gasteiger partial charge in [-0.3, -0.25) is 10.2 Å². The lowest BCUT2D eigenvalue weighted by Gasteiger charge is -2.29. The van der Waals surface area contributed by atoms with E-state index in [2.05, 4.69) is 20.9 Å². The topological polar surface area (TPSA) is 159 Å². The number of aliphatic hydroxyl groups excluding tert-OH is 1. The number of hydrazine groups is 1. The van der Waals surface area contributed by atoms with Crippen molar-refractivity contribution in [1.29, 1.82) is 0 Å². The molecule has 12 nitrogen and oxygen atoms in total. The van der Waals surface area contributed by atoms with Crippen molar-refractivity contribution in [3.05, 3.63) is 99.4 Å². The number of rotatable bonds is 16. The van der Waals surface area contributed by atoms with Gasteiger partial charge < -0.3 is 24.1 Å². The number of nitrogens with zero attached hydrogens (tertiary/aromatic N) is 4. The maximum atomic E-state index is 14.0. The molecule has 1 aliphatic heterocycles. The van der Waals surface area contributed by atoms with Crippen LogP contribution in [0.2, 0.25) is 0 Å². The third kappa shape index (κ3) is 7.78. The molecule has 12 heteroatoms. The predicted molar refractivity (Wildman–Crippen MR) is 166 cm³/mol. The first-order chi connectivity index (χ1) is 21.4. The molecule has 0 unspecified atom stereocenters. The van der Waals surface area contributed by atoms with E-state index in [9.17, 15) is 4.79 Å². The van der Waals surface area contributed by atoms with Crippen molar-refractivity contribution in [1.82, 2.24) is 10.9 Å². The fraction of sp³-hybridized carbons (Fsp3) is 0.375. The van der Waals surface area contributed by atoms with Gasteiger partial charge in [-0.15, -0.1) is 0 Å². The molecule has 0 saturated carbocycles. The minimum absolute atomic E-state index is 0.0564. The fourth-order valence-corrected chi connectivity index (χ4v) is 4.95. The van der Waals surface area contributed by atoms with Crippen LogP contribution in [0.5, 0.6) is 17.2 Å². The summed E-state index contributed by atoms with van der Waals surface area (Å²) < 4.78 is 22.7. The molecule has 0 spiro atoms. The highest BCUT2D eigenvalue weighted by molar-refractivity contribution is 6.00. The van der Waals surface area contributed by atoms with Gasteiger partial charge in [0.15, 0.2) is 5.54 Å². The quantitative estimate of drug-likeness (QED) is 0.0725. The molecule has 1 heterocycles. The first-order valence-corrected chi connectivity index (χ1v) is 14.4. The Hall–Kier alpha value is -4.77. The number of azide groups is 1. The zero-order chi connectivity index (χ0) is 31.4. The van der Waals surface area contributed by atoms with Crippen molar-refractivity contribution < 1.29 is 28.8 Å². The van der Waals surface area contributed by atoms with Gasteiger partial charge in [0.25, 0.3) is 5.91 Å². The second-order valence-electron chi connectivity index (χ2n) is 10.2. The standard InChI is InChI=1S/C32H38N6O6/c1-22-32(20-25-7-4-5-8-26(25)21-35-38-33,36-30(44-22)23-9-11-27(12-10-23)43-18-6-17-39)31(40)37-34-16-15-24-19-28(41-2)13-14-29(24)42-3/h4-5,7-14,19,22,34,39H,6,15-18,20-21H2,1-3H3,(H,37,40)/t22-,32-/m0/s1. The zero-order valence-corrected chi connectivity index (χ0v) is 25.2. The normalized spacial score (nSPS) is 17.2. The van der Waals surface area contributed by atoms with E-state index < -0.39 is 11.6 Å². The Balaban J connectivity index is 1.57. The number of hydrogen-bond acceptors (Lipinski definition) is 9. The Morgan fingerprint density at radius 2 is 1.82 bits per heavy atom. The van der Waals surface area contributed by atoms with Crippen LogP contribution in [0.4, 0.5) is 0 Å². The molecule has 44 heavy (non-hydrogen) atoms. The molecular formula is C32H38N6O6. The Morgan fingerprint density at radius 3 is 2.52 bits per heavy atom. The van der Waals surface area contributed by atoms with Crippen molar-refractivity contribution in [3.8, 4) is 17.2 Å². The number of aliphatic hydroxyl groups is 1. The van der Waals surface area contributed by atoms with Gasteiger partial charge in [-0.2, -0.15) is 0 Å². The highest BCUT2D eigenvalue weighted by atomic mass is 16.5. The number of carbonyl (C=O) groups excluding carboxylic acids is 1. The van der Waals surface area contributed by atoms with E-state index in [1.165, 1.54) is 0 Å². The van der Waals surface area contributed by atoms with Gasteiger partial charge in [-0.25, -0.2) is 10.4 Å². The Bertz CT molecular complexity index is 1490. The molecule has 3 aromatic rings. The van der Waals surface area contributed by atoms with Crippen LogP contribution in [-0.2, 0) is 28.9 Å². The van der Waals surface area contributed by atoms with E-state index in [1.807, 2.05) is 61.5 Å². The van der Waals surface area contributed by atoms with Crippen LogP contribution in [0, 0.1) is 0 Å². The molecule has 4 rings (SSSR count). The average Bonchev–Trinajstić information content (AvgIpc) is 3.39. The van der Waals surface area contributed by atoms with Gasteiger partial charge in [0.1, 0.15) is 23.4 Å². The summed E-state index contributed by atoms with van der Waals surface area (Å²) in [5, 5.41) is 12.7. The summed E-state index contributed by atoms with van der Waals surface area (Å²) in [6, 6.07) is 20.3. The van der Waals surface area contributed by atoms with Gasteiger partial charge in [0.05, 0.1) is 27.4 Å². The lowest BCUT2D eigenvalue weighted by Crippen LogP contribution is -2.56. The second kappa shape index (κ2) is 15.6. The number of hydrogen-bond donors (Lipinski definition) is 3. The van der Waals surface area contributed by atoms with Crippen LogP contribution in [0.3, 0.4) is 0 Å². The van der Waals surface area contributed by atoms with Gasteiger partial charge in [-0.05, 0) is 78.0 Å². The lowest BCUT2D eigenvalue weighted by atomic mass is 9.84. The van der Waals surface area contributed by atoms with Crippen molar-refractivity contribution >= 4 is 11.8 Å². The number of amides is 1. The summed E-state index contributed by atoms with van der Waals surface area (Å²) in [4.78, 5) is 21.8. The van der Waals surface area contributed by atoms with Crippen LogP contribution >= 0.6 is 0 Å². The van der Waals surface area contributed by atoms with Gasteiger partial charge >= 0.3 is 0 Å². The molecule has 0 bridgehead atoms. The monoisotopic (exact) mass is 602 g/mol. The summed E-state index contributed by atoms with van der Waals surface area (Å²) in [5.41, 5.74) is 16.7. The molecule has 0 fully saturated rings. The molecule has 232 valence electrons. The summed E-state index contributed by atoms with van der Waals surface area (Å²) in [7, 11) is 3.22. The molecule has 3 aromatic carbocycles. The number of methoxy groups -OCH3 is 2. The summed E-state index contributed by atoms with van der Waals surface area (Å²) in [6.07, 6.45) is 0.699. The number of benzene rings is 3. The minimum atomic E-state index is -1.32. The van der Waals surface area contributed by atoms with Crippen molar-refractivity contribution in [2.24, 2.45) is 10.1 Å². The Kier molecular flexibility index (Phi) is 11.4. The third-order valence-corrected chi connectivity index (χ3v) is 7.42. The van der Waals surface area contributed by atoms with E-state index in [0.29, 0.717) is 49.0 Å². The summed E-state index contributed by atoms with van der Waals surface area (Å²) in [6.45, 7) is 2.85. The molecule has 0 aliphatic carbocycles. The van der Waals surface area contributed by atoms with E-state index >= 15 is 0 Å². The SMILES string of the molecule is COc1ccc(OC)c(CCNNC(=O)[C@@]2(Cc3ccccc3CN=[N+]=[N-])N=C(c3ccc(OCCCO)cc3)O[C@H]2C)c1. The van der Waals surface area contributed by atoms with E-state index in [1.54, 1.807) is 26.4 Å². The average molecular weight is 603 g/mol.